The molecule has 0 aromatic heterocycles. The van der Waals surface area contributed by atoms with E-state index in [4.69, 9.17) is 19.6 Å². The van der Waals surface area contributed by atoms with Crippen molar-refractivity contribution in [3.8, 4) is 0 Å². The van der Waals surface area contributed by atoms with Crippen LogP contribution in [-0.2, 0) is 18.3 Å². The van der Waals surface area contributed by atoms with Gasteiger partial charge in [0.1, 0.15) is 0 Å². The van der Waals surface area contributed by atoms with Gasteiger partial charge in [-0.3, -0.25) is 0 Å². The largest absolute Gasteiger partial charge is 1.00 e. The third-order valence-corrected chi connectivity index (χ3v) is 10.2. The Morgan fingerprint density at radius 1 is 0.538 bits per heavy atom. The maximum atomic E-state index is 10.8. The summed E-state index contributed by atoms with van der Waals surface area (Å²) >= 11 is 0. The number of hydrogen-bond donors (Lipinski definition) is 6. The first-order valence-corrected chi connectivity index (χ1v) is 11.1. The van der Waals surface area contributed by atoms with Crippen LogP contribution in [0.5, 0.6) is 0 Å². The Hall–Kier alpha value is 4.52. The molecule has 0 aromatic carbocycles. The van der Waals surface area contributed by atoms with Crippen LogP contribution in [-0.4, -0.2) is 40.0 Å². The van der Waals surface area contributed by atoms with Gasteiger partial charge in [-0.25, -0.2) is 0 Å². The molecule has 0 heterocycles. The maximum absolute atomic E-state index is 10.8. The summed E-state index contributed by atoms with van der Waals surface area (Å²) in [5.41, 5.74) is 0. The predicted molar refractivity (Wildman–Crippen MR) is 58.4 cm³/mol. The Labute approximate surface area is 235 Å². The molecule has 14 nitrogen and oxygen atoms in total. The first-order chi connectivity index (χ1) is 9.21. The van der Waals surface area contributed by atoms with Crippen molar-refractivity contribution in [2.24, 2.45) is 0 Å². The molecule has 0 bridgehead atoms. The summed E-state index contributed by atoms with van der Waals surface area (Å²) in [6.07, 6.45) is -4.25. The molecule has 0 amide bonds. The normalized spacial score (nSPS) is 24.5. The van der Waals surface area contributed by atoms with Crippen LogP contribution in [0, 0.1) is 0 Å². The van der Waals surface area contributed by atoms with Gasteiger partial charge in [-0.1, -0.05) is 0 Å². The fourth-order valence-corrected chi connectivity index (χ4v) is 5.35. The van der Waals surface area contributed by atoms with Gasteiger partial charge in [0.25, 0.3) is 0 Å². The summed E-state index contributed by atoms with van der Waals surface area (Å²) < 4.78 is 43.3. The topological polar surface area (TPSA) is 282 Å². The zero-order valence-electron chi connectivity index (χ0n) is 14.2. The third kappa shape index (κ3) is 9.57. The Morgan fingerprint density at radius 3 is 0.731 bits per heavy atom. The fourth-order valence-electron chi connectivity index (χ4n) is 1.22. The van der Waals surface area contributed by atoms with Crippen molar-refractivity contribution in [2.45, 2.75) is 23.0 Å². The molecular weight excluding hydrogens is 488 g/mol. The van der Waals surface area contributed by atoms with Gasteiger partial charge in [0, 0.05) is 0 Å². The minimum Gasteiger partial charge on any atom is -0.776 e. The van der Waals surface area contributed by atoms with E-state index in [1.807, 2.05) is 0 Å². The van der Waals surface area contributed by atoms with Crippen LogP contribution in [0.2, 0.25) is 0 Å². The van der Waals surface area contributed by atoms with Gasteiger partial charge < -0.3 is 67.6 Å². The minimum absolute atomic E-state index is 0. The molecule has 22 heteroatoms. The fraction of sp³-hybridized carbons (Fsp3) is 1.00. The smallest absolute Gasteiger partial charge is 0.776 e. The van der Waals surface area contributed by atoms with Gasteiger partial charge in [0.2, 0.25) is 0 Å². The van der Waals surface area contributed by atoms with Crippen LogP contribution in [0.15, 0.2) is 0 Å². The predicted octanol–water partition coefficient (Wildman–Crippen LogP) is -16.7. The summed E-state index contributed by atoms with van der Waals surface area (Å²) in [6.45, 7) is 0. The monoisotopic (exact) mass is 498 g/mol. The molecule has 0 fully saturated rings. The number of rotatable bonds is 7. The van der Waals surface area contributed by atoms with Crippen LogP contribution in [0.4, 0.5) is 0 Å². The van der Waals surface area contributed by atoms with E-state index in [1.165, 1.54) is 0 Å². The van der Waals surface area contributed by atoms with Crippen molar-refractivity contribution in [2.75, 3.05) is 0 Å². The van der Waals surface area contributed by atoms with E-state index in [1.54, 1.807) is 0 Å². The summed E-state index contributed by atoms with van der Waals surface area (Å²) in [5, 5.41) is 9.59. The Morgan fingerprint density at radius 2 is 0.654 bits per heavy atom. The standard InChI is InChI=1S/C4H14O14P4.4Na/c5-3(19(7,8)9,20(10,11)12)1-2-4(6,21(13,14)15)22(16,17)18;;;;/h5-6H,1-2H2,(H2,7,8,9)(H2,10,11,12)(H2,13,14,15)(H2,16,17,18);;;;/q;4*+1/p-4. The zero-order valence-corrected chi connectivity index (χ0v) is 25.7. The molecule has 0 saturated heterocycles. The second-order valence-electron chi connectivity index (χ2n) is 4.13. The summed E-state index contributed by atoms with van der Waals surface area (Å²) in [6, 6.07) is 0. The molecule has 0 rings (SSSR count). The van der Waals surface area contributed by atoms with Crippen LogP contribution in [0.3, 0.4) is 0 Å². The van der Waals surface area contributed by atoms with Crippen LogP contribution in [0.25, 0.3) is 0 Å². The van der Waals surface area contributed by atoms with Crippen molar-refractivity contribution in [3.05, 3.63) is 0 Å². The molecule has 26 heavy (non-hydrogen) atoms. The average Bonchev–Trinajstić information content (AvgIpc) is 2.18. The molecule has 0 aromatic rings. The van der Waals surface area contributed by atoms with E-state index in [-0.39, 0.29) is 118 Å². The maximum Gasteiger partial charge on any atom is 1.00 e. The van der Waals surface area contributed by atoms with Crippen molar-refractivity contribution >= 4 is 30.4 Å². The van der Waals surface area contributed by atoms with Gasteiger partial charge in [-0.15, -0.1) is 0 Å². The Balaban J connectivity index is -0.000000367. The van der Waals surface area contributed by atoms with Crippen LogP contribution < -0.4 is 138 Å². The van der Waals surface area contributed by atoms with Gasteiger partial charge in [-0.05, 0) is 12.8 Å². The molecular formula is C4H10Na4O14P4. The van der Waals surface area contributed by atoms with Crippen LogP contribution in [0.1, 0.15) is 12.8 Å². The first kappa shape index (κ1) is 40.8. The summed E-state index contributed by atoms with van der Waals surface area (Å²) in [4.78, 5) is 77.6. The quantitative estimate of drug-likeness (QED) is 0.140. The second kappa shape index (κ2) is 13.3. The molecule has 0 aliphatic rings. The van der Waals surface area contributed by atoms with Crippen LogP contribution >= 0.6 is 30.4 Å². The summed E-state index contributed by atoms with van der Waals surface area (Å²) in [5.74, 6) is 0. The van der Waals surface area contributed by atoms with Crippen molar-refractivity contribution in [1.29, 1.82) is 0 Å². The van der Waals surface area contributed by atoms with E-state index >= 15 is 0 Å². The summed E-state index contributed by atoms with van der Waals surface area (Å²) in [7, 11) is -25.5. The van der Waals surface area contributed by atoms with E-state index in [0.29, 0.717) is 0 Å². The first-order valence-electron chi connectivity index (χ1n) is 4.81. The molecule has 0 aliphatic heterocycles. The van der Waals surface area contributed by atoms with Crippen molar-refractivity contribution in [3.63, 3.8) is 0 Å². The van der Waals surface area contributed by atoms with E-state index < -0.39 is 53.4 Å². The van der Waals surface area contributed by atoms with Gasteiger partial charge in [0.05, 0.1) is 0 Å². The molecule has 0 saturated carbocycles. The van der Waals surface area contributed by atoms with E-state index in [0.717, 1.165) is 0 Å². The molecule has 0 spiro atoms. The molecule has 4 atom stereocenters. The number of aliphatic hydroxyl groups is 2. The Kier molecular flexibility index (Phi) is 20.9. The molecule has 134 valence electrons. The zero-order chi connectivity index (χ0) is 18.4. The van der Waals surface area contributed by atoms with Gasteiger partial charge in [-0.2, -0.15) is 0 Å². The third-order valence-electron chi connectivity index (χ3n) is 2.61. The molecule has 0 aliphatic carbocycles. The molecule has 0 radical (unpaired) electrons. The number of hydrogen-bond acceptors (Lipinski definition) is 10. The van der Waals surface area contributed by atoms with E-state index in [9.17, 15) is 48.0 Å². The van der Waals surface area contributed by atoms with Crippen molar-refractivity contribution < 1.29 is 186 Å². The van der Waals surface area contributed by atoms with E-state index in [2.05, 4.69) is 0 Å². The van der Waals surface area contributed by atoms with Gasteiger partial charge >= 0.3 is 118 Å². The second-order valence-corrected chi connectivity index (χ2v) is 12.0. The molecule has 4 unspecified atom stereocenters. The average molecular weight is 498 g/mol. The minimum atomic E-state index is -6.38. The SMILES string of the molecule is O=P([O-])(O)C(O)(CCC(O)(P(=O)([O-])O)P(=O)([O-])O)P(=O)([O-])O.[Na+].[Na+].[Na+].[Na+]. The Bertz CT molecular complexity index is 516. The van der Waals surface area contributed by atoms with Crippen molar-refractivity contribution in [1.82, 2.24) is 0 Å². The molecule has 6 N–H and O–H groups in total. The van der Waals surface area contributed by atoms with Gasteiger partial charge in [0.15, 0.2) is 40.5 Å².